The Labute approximate surface area is 104 Å². The highest BCUT2D eigenvalue weighted by Crippen LogP contribution is 2.24. The van der Waals surface area contributed by atoms with Gasteiger partial charge in [0.2, 0.25) is 0 Å². The molecule has 2 aromatic heterocycles. The van der Waals surface area contributed by atoms with Crippen LogP contribution in [0.1, 0.15) is 36.7 Å². The van der Waals surface area contributed by atoms with Gasteiger partial charge in [-0.3, -0.25) is 0 Å². The molecule has 0 fully saturated rings. The first-order valence-electron chi connectivity index (χ1n) is 5.41. The molecule has 2 aromatic rings. The summed E-state index contributed by atoms with van der Waals surface area (Å²) in [7, 11) is 0. The molecule has 0 amide bonds. The number of hydrogen-bond acceptors (Lipinski definition) is 2. The van der Waals surface area contributed by atoms with Gasteiger partial charge in [0.05, 0.1) is 11.4 Å². The van der Waals surface area contributed by atoms with Crippen molar-refractivity contribution in [3.63, 3.8) is 0 Å². The number of rotatable bonds is 2. The van der Waals surface area contributed by atoms with E-state index in [-0.39, 0.29) is 0 Å². The van der Waals surface area contributed by atoms with Gasteiger partial charge in [0.15, 0.2) is 0 Å². The third-order valence-corrected chi connectivity index (χ3v) is 3.17. The maximum atomic E-state index is 5.82. The van der Waals surface area contributed by atoms with Gasteiger partial charge in [0.1, 0.15) is 5.65 Å². The van der Waals surface area contributed by atoms with Crippen molar-refractivity contribution in [3.8, 4) is 0 Å². The van der Waals surface area contributed by atoms with Crippen molar-refractivity contribution in [1.82, 2.24) is 9.38 Å². The van der Waals surface area contributed by atoms with Gasteiger partial charge in [-0.2, -0.15) is 0 Å². The maximum Gasteiger partial charge on any atom is 0.140 e. The van der Waals surface area contributed by atoms with Gasteiger partial charge in [-0.15, -0.1) is 0 Å². The lowest BCUT2D eigenvalue weighted by Crippen LogP contribution is -2.05. The second-order valence-electron chi connectivity index (χ2n) is 4.34. The summed E-state index contributed by atoms with van der Waals surface area (Å²) in [4.78, 5) is 4.69. The van der Waals surface area contributed by atoms with E-state index in [1.165, 1.54) is 0 Å². The highest BCUT2D eigenvalue weighted by molar-refractivity contribution is 9.10. The molecular formula is C12H16BrN3. The Balaban J connectivity index is 2.82. The molecule has 0 bridgehead atoms. The van der Waals surface area contributed by atoms with E-state index >= 15 is 0 Å². The van der Waals surface area contributed by atoms with Gasteiger partial charge in [-0.1, -0.05) is 13.8 Å². The molecule has 2 rings (SSSR count). The first-order chi connectivity index (χ1) is 7.54. The minimum atomic E-state index is 0.400. The van der Waals surface area contributed by atoms with Gasteiger partial charge >= 0.3 is 0 Å². The topological polar surface area (TPSA) is 43.3 Å². The van der Waals surface area contributed by atoms with Gasteiger partial charge in [-0.25, -0.2) is 4.98 Å². The molecule has 0 aromatic carbocycles. The summed E-state index contributed by atoms with van der Waals surface area (Å²) < 4.78 is 3.15. The Bertz CT molecular complexity index is 529. The molecule has 0 unspecified atom stereocenters. The average molecular weight is 282 g/mol. The molecule has 0 spiro atoms. The van der Waals surface area contributed by atoms with Crippen LogP contribution in [0, 0.1) is 6.92 Å². The summed E-state index contributed by atoms with van der Waals surface area (Å²) in [5, 5.41) is 0. The summed E-state index contributed by atoms with van der Waals surface area (Å²) in [6.07, 6.45) is 2.03. The standard InChI is InChI=1S/C12H16BrN3/c1-7(2)11-10(5-14)16-6-9(13)4-8(3)12(16)15-11/h4,6-7H,5,14H2,1-3H3. The molecule has 0 radical (unpaired) electrons. The van der Waals surface area contributed by atoms with Crippen LogP contribution in [-0.4, -0.2) is 9.38 Å². The molecule has 2 heterocycles. The summed E-state index contributed by atoms with van der Waals surface area (Å²) >= 11 is 3.50. The predicted molar refractivity (Wildman–Crippen MR) is 69.6 cm³/mol. The van der Waals surface area contributed by atoms with Crippen LogP contribution in [-0.2, 0) is 6.54 Å². The molecule has 16 heavy (non-hydrogen) atoms. The number of fused-ring (bicyclic) bond motifs is 1. The maximum absolute atomic E-state index is 5.82. The number of imidazole rings is 1. The van der Waals surface area contributed by atoms with Gasteiger partial charge < -0.3 is 10.1 Å². The lowest BCUT2D eigenvalue weighted by molar-refractivity contribution is 0.799. The quantitative estimate of drug-likeness (QED) is 0.920. The molecular weight excluding hydrogens is 266 g/mol. The number of aromatic nitrogens is 2. The highest BCUT2D eigenvalue weighted by Gasteiger charge is 2.15. The van der Waals surface area contributed by atoms with Gasteiger partial charge in [0, 0.05) is 17.2 Å². The van der Waals surface area contributed by atoms with E-state index in [1.807, 2.05) is 6.20 Å². The molecule has 86 valence electrons. The van der Waals surface area contributed by atoms with E-state index in [0.717, 1.165) is 27.1 Å². The Morgan fingerprint density at radius 3 is 2.75 bits per heavy atom. The van der Waals surface area contributed by atoms with Crippen molar-refractivity contribution in [3.05, 3.63) is 33.7 Å². The largest absolute Gasteiger partial charge is 0.325 e. The van der Waals surface area contributed by atoms with E-state index < -0.39 is 0 Å². The fraction of sp³-hybridized carbons (Fsp3) is 0.417. The summed E-state index contributed by atoms with van der Waals surface area (Å²) in [6, 6.07) is 2.08. The monoisotopic (exact) mass is 281 g/mol. The number of pyridine rings is 1. The molecule has 4 heteroatoms. The summed E-state index contributed by atoms with van der Waals surface area (Å²) in [6.45, 7) is 6.87. The van der Waals surface area contributed by atoms with E-state index in [1.54, 1.807) is 0 Å². The van der Waals surface area contributed by atoms with Gasteiger partial charge in [0.25, 0.3) is 0 Å². The zero-order chi connectivity index (χ0) is 11.9. The Kier molecular flexibility index (Phi) is 3.04. The Hall–Kier alpha value is -0.870. The lowest BCUT2D eigenvalue weighted by Gasteiger charge is -2.05. The number of halogens is 1. The van der Waals surface area contributed by atoms with E-state index in [9.17, 15) is 0 Å². The molecule has 0 aliphatic rings. The second kappa shape index (κ2) is 4.18. The zero-order valence-corrected chi connectivity index (χ0v) is 11.4. The smallest absolute Gasteiger partial charge is 0.140 e. The molecule has 0 saturated heterocycles. The number of nitrogens with two attached hydrogens (primary N) is 1. The molecule has 2 N–H and O–H groups in total. The third-order valence-electron chi connectivity index (χ3n) is 2.74. The van der Waals surface area contributed by atoms with Crippen LogP contribution < -0.4 is 5.73 Å². The number of nitrogens with zero attached hydrogens (tertiary/aromatic N) is 2. The van der Waals surface area contributed by atoms with Crippen LogP contribution in [0.15, 0.2) is 16.7 Å². The molecule has 0 atom stereocenters. The first kappa shape index (κ1) is 11.6. The predicted octanol–water partition coefficient (Wildman–Crippen LogP) is 2.99. The van der Waals surface area contributed by atoms with E-state index in [2.05, 4.69) is 52.2 Å². The van der Waals surface area contributed by atoms with E-state index in [0.29, 0.717) is 12.5 Å². The average Bonchev–Trinajstić information content (AvgIpc) is 2.56. The zero-order valence-electron chi connectivity index (χ0n) is 9.79. The van der Waals surface area contributed by atoms with Crippen molar-refractivity contribution >= 4 is 21.6 Å². The fourth-order valence-electron chi connectivity index (χ4n) is 2.00. The van der Waals surface area contributed by atoms with Crippen molar-refractivity contribution in [1.29, 1.82) is 0 Å². The van der Waals surface area contributed by atoms with Crippen LogP contribution in [0.5, 0.6) is 0 Å². The van der Waals surface area contributed by atoms with Gasteiger partial charge in [-0.05, 0) is 40.4 Å². The summed E-state index contributed by atoms with van der Waals surface area (Å²) in [5.74, 6) is 0.400. The minimum absolute atomic E-state index is 0.400. The van der Waals surface area contributed by atoms with Crippen molar-refractivity contribution < 1.29 is 0 Å². The van der Waals surface area contributed by atoms with Crippen molar-refractivity contribution in [2.24, 2.45) is 5.73 Å². The van der Waals surface area contributed by atoms with Crippen molar-refractivity contribution in [2.45, 2.75) is 33.2 Å². The van der Waals surface area contributed by atoms with Crippen LogP contribution in [0.2, 0.25) is 0 Å². The summed E-state index contributed by atoms with van der Waals surface area (Å²) in [5.41, 5.74) is 10.2. The normalized spacial score (nSPS) is 11.6. The molecule has 0 saturated carbocycles. The fourth-order valence-corrected chi connectivity index (χ4v) is 2.55. The molecule has 3 nitrogen and oxygen atoms in total. The Morgan fingerprint density at radius 1 is 1.50 bits per heavy atom. The number of hydrogen-bond donors (Lipinski definition) is 1. The molecule has 0 aliphatic heterocycles. The lowest BCUT2D eigenvalue weighted by atomic mass is 10.1. The van der Waals surface area contributed by atoms with Crippen LogP contribution >= 0.6 is 15.9 Å². The van der Waals surface area contributed by atoms with Crippen LogP contribution in [0.25, 0.3) is 5.65 Å². The van der Waals surface area contributed by atoms with E-state index in [4.69, 9.17) is 5.73 Å². The second-order valence-corrected chi connectivity index (χ2v) is 5.25. The number of aryl methyl sites for hydroxylation is 1. The third kappa shape index (κ3) is 1.76. The first-order valence-corrected chi connectivity index (χ1v) is 6.21. The van der Waals surface area contributed by atoms with Crippen molar-refractivity contribution in [2.75, 3.05) is 0 Å². The van der Waals surface area contributed by atoms with Crippen LogP contribution in [0.4, 0.5) is 0 Å². The molecule has 0 aliphatic carbocycles. The Morgan fingerprint density at radius 2 is 2.19 bits per heavy atom. The SMILES string of the molecule is Cc1cc(Br)cn2c(CN)c(C(C)C)nc12. The minimum Gasteiger partial charge on any atom is -0.325 e. The van der Waals surface area contributed by atoms with Crippen LogP contribution in [0.3, 0.4) is 0 Å². The highest BCUT2D eigenvalue weighted by atomic mass is 79.9.